The smallest absolute Gasteiger partial charge is 0.282 e. The molecule has 32 heavy (non-hydrogen) atoms. The first-order valence-corrected chi connectivity index (χ1v) is 11.3. The van der Waals surface area contributed by atoms with E-state index in [1.54, 1.807) is 19.0 Å². The Morgan fingerprint density at radius 3 is 2.56 bits per heavy atom. The molecule has 0 saturated heterocycles. The zero-order chi connectivity index (χ0) is 23.5. The quantitative estimate of drug-likeness (QED) is 0.381. The number of carbonyl (C=O) groups excluding carboxylic acids is 1. The molecule has 0 radical (unpaired) electrons. The molecule has 0 bridgehead atoms. The number of rotatable bonds is 8. The SMILES string of the molecule is Cc1ccc(C)c(Cc2nc(C=O)nn2-c2ccc(S(=O)(=O)N=CCN(C)C)cc2F)c1. The van der Waals surface area contributed by atoms with Crippen LogP contribution < -0.4 is 0 Å². The molecule has 0 N–H and O–H groups in total. The van der Waals surface area contributed by atoms with Crippen molar-refractivity contribution < 1.29 is 17.6 Å². The van der Waals surface area contributed by atoms with E-state index >= 15 is 0 Å². The fourth-order valence-corrected chi connectivity index (χ4v) is 3.93. The van der Waals surface area contributed by atoms with Crippen LogP contribution >= 0.6 is 0 Å². The molecule has 0 aliphatic heterocycles. The number of sulfonamides is 1. The molecule has 10 heteroatoms. The van der Waals surface area contributed by atoms with Crippen LogP contribution in [-0.4, -0.2) is 61.2 Å². The van der Waals surface area contributed by atoms with Gasteiger partial charge in [-0.15, -0.1) is 5.10 Å². The summed E-state index contributed by atoms with van der Waals surface area (Å²) in [6.07, 6.45) is 2.05. The minimum absolute atomic E-state index is 0.0119. The van der Waals surface area contributed by atoms with Gasteiger partial charge in [-0.3, -0.25) is 4.79 Å². The summed E-state index contributed by atoms with van der Waals surface area (Å²) < 4.78 is 44.6. The number of nitrogens with zero attached hydrogens (tertiary/aromatic N) is 5. The van der Waals surface area contributed by atoms with E-state index < -0.39 is 15.8 Å². The molecule has 0 fully saturated rings. The molecule has 0 amide bonds. The maximum Gasteiger partial charge on any atom is 0.282 e. The fourth-order valence-electron chi connectivity index (χ4n) is 3.06. The lowest BCUT2D eigenvalue weighted by Crippen LogP contribution is -2.14. The van der Waals surface area contributed by atoms with E-state index in [2.05, 4.69) is 14.5 Å². The lowest BCUT2D eigenvalue weighted by molar-refractivity contribution is 0.111. The highest BCUT2D eigenvalue weighted by Crippen LogP contribution is 2.22. The van der Waals surface area contributed by atoms with Crippen molar-refractivity contribution in [2.75, 3.05) is 20.6 Å². The first-order valence-electron chi connectivity index (χ1n) is 9.81. The molecular weight excluding hydrogens is 433 g/mol. The number of hydrogen-bond donors (Lipinski definition) is 0. The first-order chi connectivity index (χ1) is 15.1. The summed E-state index contributed by atoms with van der Waals surface area (Å²) in [4.78, 5) is 16.9. The molecule has 0 spiro atoms. The molecule has 0 aliphatic carbocycles. The Labute approximate surface area is 186 Å². The van der Waals surface area contributed by atoms with Crippen LogP contribution in [0, 0.1) is 19.7 Å². The van der Waals surface area contributed by atoms with Crippen molar-refractivity contribution in [3.05, 3.63) is 70.6 Å². The minimum Gasteiger partial charge on any atom is -0.304 e. The van der Waals surface area contributed by atoms with Gasteiger partial charge in [0, 0.05) is 19.2 Å². The van der Waals surface area contributed by atoms with Gasteiger partial charge in [-0.25, -0.2) is 14.1 Å². The van der Waals surface area contributed by atoms with Crippen molar-refractivity contribution in [1.29, 1.82) is 0 Å². The predicted molar refractivity (Wildman–Crippen MR) is 120 cm³/mol. The average Bonchev–Trinajstić information content (AvgIpc) is 3.13. The third-order valence-electron chi connectivity index (χ3n) is 4.75. The molecule has 2 aromatic carbocycles. The van der Waals surface area contributed by atoms with Crippen molar-refractivity contribution in [1.82, 2.24) is 19.7 Å². The fraction of sp³-hybridized carbons (Fsp3) is 0.273. The van der Waals surface area contributed by atoms with Crippen molar-refractivity contribution in [2.45, 2.75) is 25.2 Å². The normalized spacial score (nSPS) is 12.1. The largest absolute Gasteiger partial charge is 0.304 e. The Kier molecular flexibility index (Phi) is 6.95. The molecule has 3 rings (SSSR count). The van der Waals surface area contributed by atoms with E-state index in [-0.39, 0.29) is 16.4 Å². The molecule has 168 valence electrons. The highest BCUT2D eigenvalue weighted by molar-refractivity contribution is 7.90. The van der Waals surface area contributed by atoms with Gasteiger partial charge in [0.25, 0.3) is 10.0 Å². The highest BCUT2D eigenvalue weighted by atomic mass is 32.2. The summed E-state index contributed by atoms with van der Waals surface area (Å²) in [6.45, 7) is 4.24. The van der Waals surface area contributed by atoms with Gasteiger partial charge in [-0.1, -0.05) is 23.8 Å². The Morgan fingerprint density at radius 2 is 1.91 bits per heavy atom. The Bertz CT molecular complexity index is 1280. The summed E-state index contributed by atoms with van der Waals surface area (Å²) in [7, 11) is -0.500. The lowest BCUT2D eigenvalue weighted by Gasteiger charge is -2.10. The van der Waals surface area contributed by atoms with Gasteiger partial charge < -0.3 is 4.90 Å². The number of halogens is 1. The summed E-state index contributed by atoms with van der Waals surface area (Å²) >= 11 is 0. The Hall–Kier alpha value is -3.24. The summed E-state index contributed by atoms with van der Waals surface area (Å²) in [5, 5.41) is 4.08. The highest BCUT2D eigenvalue weighted by Gasteiger charge is 2.19. The van der Waals surface area contributed by atoms with Crippen LogP contribution in [0.15, 0.2) is 45.7 Å². The monoisotopic (exact) mass is 457 g/mol. The number of aryl methyl sites for hydroxylation is 2. The molecule has 8 nitrogen and oxygen atoms in total. The second kappa shape index (κ2) is 9.49. The van der Waals surface area contributed by atoms with Crippen LogP contribution in [-0.2, 0) is 16.4 Å². The van der Waals surface area contributed by atoms with Crippen molar-refractivity contribution in [2.24, 2.45) is 4.40 Å². The van der Waals surface area contributed by atoms with E-state index in [9.17, 15) is 17.6 Å². The van der Waals surface area contributed by atoms with Gasteiger partial charge in [0.05, 0.1) is 4.90 Å². The predicted octanol–water partition coefficient (Wildman–Crippen LogP) is 2.75. The van der Waals surface area contributed by atoms with Crippen LogP contribution in [0.25, 0.3) is 5.69 Å². The molecule has 0 unspecified atom stereocenters. The van der Waals surface area contributed by atoms with E-state index in [4.69, 9.17) is 0 Å². The van der Waals surface area contributed by atoms with E-state index in [0.29, 0.717) is 25.1 Å². The molecule has 0 atom stereocenters. The van der Waals surface area contributed by atoms with E-state index in [1.807, 2.05) is 32.0 Å². The molecule has 0 aliphatic rings. The number of carbonyl (C=O) groups is 1. The topological polar surface area (TPSA) is 97.5 Å². The van der Waals surface area contributed by atoms with Crippen molar-refractivity contribution >= 4 is 22.5 Å². The summed E-state index contributed by atoms with van der Waals surface area (Å²) in [6, 6.07) is 9.39. The van der Waals surface area contributed by atoms with E-state index in [1.165, 1.54) is 23.0 Å². The van der Waals surface area contributed by atoms with E-state index in [0.717, 1.165) is 22.8 Å². The van der Waals surface area contributed by atoms with Gasteiger partial charge in [0.2, 0.25) is 5.82 Å². The third-order valence-corrected chi connectivity index (χ3v) is 6.03. The zero-order valence-corrected chi connectivity index (χ0v) is 19.1. The number of benzene rings is 2. The molecular formula is C22H24FN5O3S. The molecule has 3 aromatic rings. The van der Waals surface area contributed by atoms with Crippen LogP contribution in [0.5, 0.6) is 0 Å². The summed E-state index contributed by atoms with van der Waals surface area (Å²) in [5.74, 6) is -0.549. The van der Waals surface area contributed by atoms with Gasteiger partial charge in [0.1, 0.15) is 17.3 Å². The van der Waals surface area contributed by atoms with Gasteiger partial charge >= 0.3 is 0 Å². The van der Waals surface area contributed by atoms with Crippen molar-refractivity contribution in [3.63, 3.8) is 0 Å². The van der Waals surface area contributed by atoms with Gasteiger partial charge in [-0.05, 0) is 57.3 Å². The van der Waals surface area contributed by atoms with Crippen molar-refractivity contribution in [3.8, 4) is 5.69 Å². The Balaban J connectivity index is 2.00. The molecule has 0 saturated carbocycles. The van der Waals surface area contributed by atoms with Crippen LogP contribution in [0.4, 0.5) is 4.39 Å². The van der Waals surface area contributed by atoms with Crippen LogP contribution in [0.3, 0.4) is 0 Å². The average molecular weight is 458 g/mol. The standard InChI is InChI=1S/C22H24FN5O3S/c1-15-5-6-16(2)17(11-15)12-22-25-21(14-29)26-28(22)20-8-7-18(13-19(20)23)32(30,31)24-9-10-27(3)4/h5-9,11,13-14H,10,12H2,1-4H3. The third kappa shape index (κ3) is 5.32. The second-order valence-corrected chi connectivity index (χ2v) is 9.29. The number of aldehydes is 1. The zero-order valence-electron chi connectivity index (χ0n) is 18.3. The lowest BCUT2D eigenvalue weighted by atomic mass is 10.0. The second-order valence-electron chi connectivity index (χ2n) is 7.66. The maximum absolute atomic E-state index is 15.0. The Morgan fingerprint density at radius 1 is 1.16 bits per heavy atom. The van der Waals surface area contributed by atoms with Crippen LogP contribution in [0.1, 0.15) is 33.1 Å². The van der Waals surface area contributed by atoms with Gasteiger partial charge in [-0.2, -0.15) is 12.8 Å². The number of aromatic nitrogens is 3. The summed E-state index contributed by atoms with van der Waals surface area (Å²) in [5.41, 5.74) is 3.03. The van der Waals surface area contributed by atoms with Gasteiger partial charge in [0.15, 0.2) is 6.29 Å². The maximum atomic E-state index is 15.0. The number of hydrogen-bond acceptors (Lipinski definition) is 6. The van der Waals surface area contributed by atoms with Crippen LogP contribution in [0.2, 0.25) is 0 Å². The first kappa shape index (κ1) is 23.4. The molecule has 1 heterocycles. The molecule has 1 aromatic heterocycles. The minimum atomic E-state index is -4.04.